The number of nitrogens with zero attached hydrogens (tertiary/aromatic N) is 5. The molecule has 0 spiro atoms. The van der Waals surface area contributed by atoms with Gasteiger partial charge in [-0.05, 0) is 81.2 Å². The lowest BCUT2D eigenvalue weighted by Crippen LogP contribution is -2.34. The minimum atomic E-state index is -0.121. The average Bonchev–Trinajstić information content (AvgIpc) is 3.56. The molecule has 5 heterocycles. The van der Waals surface area contributed by atoms with Crippen molar-refractivity contribution < 1.29 is 9.47 Å². The summed E-state index contributed by atoms with van der Waals surface area (Å²) in [6.45, 7) is 3.81. The van der Waals surface area contributed by atoms with Gasteiger partial charge in [0.1, 0.15) is 23.2 Å². The molecule has 0 aliphatic carbocycles. The molecule has 2 aromatic carbocycles. The fourth-order valence-electron chi connectivity index (χ4n) is 6.08. The van der Waals surface area contributed by atoms with E-state index in [1.807, 2.05) is 78.1 Å². The Morgan fingerprint density at radius 1 is 1.04 bits per heavy atom. The largest absolute Gasteiger partial charge is 0.490 e. The average molecular weight is 624 g/mol. The van der Waals surface area contributed by atoms with Gasteiger partial charge in [0.15, 0.2) is 0 Å². The van der Waals surface area contributed by atoms with Gasteiger partial charge in [-0.2, -0.15) is 4.98 Å². The summed E-state index contributed by atoms with van der Waals surface area (Å²) in [7, 11) is 1.91. The first-order chi connectivity index (χ1) is 22.1. The van der Waals surface area contributed by atoms with Crippen LogP contribution >= 0.6 is 11.3 Å². The molecule has 7 rings (SSSR count). The van der Waals surface area contributed by atoms with Gasteiger partial charge in [-0.3, -0.25) is 9.36 Å². The highest BCUT2D eigenvalue weighted by molar-refractivity contribution is 7.09. The van der Waals surface area contributed by atoms with Crippen molar-refractivity contribution in [2.75, 3.05) is 43.6 Å². The lowest BCUT2D eigenvalue weighted by Gasteiger charge is -2.24. The Balaban J connectivity index is 1.22. The second-order valence-electron chi connectivity index (χ2n) is 11.6. The van der Waals surface area contributed by atoms with Gasteiger partial charge in [0.25, 0.3) is 5.56 Å². The van der Waals surface area contributed by atoms with Crippen LogP contribution in [0.4, 0.5) is 23.0 Å². The number of benzene rings is 2. The molecular weight excluding hydrogens is 586 g/mol. The molecule has 2 N–H and O–H groups in total. The molecule has 232 valence electrons. The highest BCUT2D eigenvalue weighted by Crippen LogP contribution is 2.32. The van der Waals surface area contributed by atoms with Crippen molar-refractivity contribution in [3.8, 4) is 5.75 Å². The number of para-hydroxylation sites is 1. The number of piperidine rings is 1. The van der Waals surface area contributed by atoms with Crippen LogP contribution in [0.15, 0.2) is 77.2 Å². The highest BCUT2D eigenvalue weighted by atomic mass is 32.1. The molecule has 2 fully saturated rings. The lowest BCUT2D eigenvalue weighted by atomic mass is 9.95. The van der Waals surface area contributed by atoms with Crippen molar-refractivity contribution >= 4 is 45.4 Å². The first kappa shape index (κ1) is 29.4. The molecule has 0 amide bonds. The molecule has 0 unspecified atom stereocenters. The van der Waals surface area contributed by atoms with Crippen LogP contribution < -0.4 is 25.8 Å². The summed E-state index contributed by atoms with van der Waals surface area (Å²) in [5, 5.41) is 7.47. The molecule has 11 heteroatoms. The van der Waals surface area contributed by atoms with Crippen LogP contribution in [0.3, 0.4) is 0 Å². The third kappa shape index (κ3) is 6.56. The van der Waals surface area contributed by atoms with E-state index in [-0.39, 0.29) is 11.7 Å². The number of thiazole rings is 1. The van der Waals surface area contributed by atoms with Crippen molar-refractivity contribution in [1.82, 2.24) is 24.8 Å². The SMILES string of the molecule is CN(c1ccccc1)c1cc2cnc(Nc3ccc(OC4CCNCC4)cc3)nc2n(Cc2scnc2C2CCOCC2)c1=O. The maximum atomic E-state index is 14.3. The van der Waals surface area contributed by atoms with Gasteiger partial charge in [0.2, 0.25) is 5.95 Å². The zero-order valence-corrected chi connectivity index (χ0v) is 26.1. The van der Waals surface area contributed by atoms with Crippen molar-refractivity contribution in [3.63, 3.8) is 0 Å². The summed E-state index contributed by atoms with van der Waals surface area (Å²) in [5.74, 6) is 1.59. The predicted octanol–water partition coefficient (Wildman–Crippen LogP) is 5.83. The van der Waals surface area contributed by atoms with E-state index in [1.54, 1.807) is 22.1 Å². The predicted molar refractivity (Wildman–Crippen MR) is 179 cm³/mol. The van der Waals surface area contributed by atoms with E-state index < -0.39 is 0 Å². The van der Waals surface area contributed by atoms with Crippen molar-refractivity contribution in [1.29, 1.82) is 0 Å². The molecule has 2 aliphatic rings. The van der Waals surface area contributed by atoms with Crippen LogP contribution in [0, 0.1) is 0 Å². The van der Waals surface area contributed by atoms with Crippen LogP contribution in [0.1, 0.15) is 42.2 Å². The molecule has 45 heavy (non-hydrogen) atoms. The Hall–Kier alpha value is -4.32. The summed E-state index contributed by atoms with van der Waals surface area (Å²) >= 11 is 1.59. The quantitative estimate of drug-likeness (QED) is 0.210. The third-order valence-electron chi connectivity index (χ3n) is 8.59. The van der Waals surface area contributed by atoms with E-state index in [9.17, 15) is 4.79 Å². The van der Waals surface area contributed by atoms with E-state index in [1.165, 1.54) is 0 Å². The van der Waals surface area contributed by atoms with E-state index in [0.29, 0.717) is 29.7 Å². The van der Waals surface area contributed by atoms with Gasteiger partial charge in [0.05, 0.1) is 17.7 Å². The van der Waals surface area contributed by atoms with Crippen LogP contribution in [0.25, 0.3) is 11.0 Å². The topological polar surface area (TPSA) is 106 Å². The monoisotopic (exact) mass is 623 g/mol. The van der Waals surface area contributed by atoms with Gasteiger partial charge in [-0.25, -0.2) is 9.97 Å². The molecule has 0 bridgehead atoms. The minimum absolute atomic E-state index is 0.121. The maximum absolute atomic E-state index is 14.3. The van der Waals surface area contributed by atoms with Crippen LogP contribution in [-0.2, 0) is 11.3 Å². The molecule has 0 radical (unpaired) electrons. The molecule has 10 nitrogen and oxygen atoms in total. The molecule has 2 aliphatic heterocycles. The van der Waals surface area contributed by atoms with E-state index >= 15 is 0 Å². The molecule has 0 saturated carbocycles. The maximum Gasteiger partial charge on any atom is 0.276 e. The Morgan fingerprint density at radius 3 is 2.60 bits per heavy atom. The minimum Gasteiger partial charge on any atom is -0.490 e. The van der Waals surface area contributed by atoms with E-state index in [4.69, 9.17) is 19.4 Å². The Labute approximate surface area is 266 Å². The van der Waals surface area contributed by atoms with Crippen LogP contribution in [0.2, 0.25) is 0 Å². The summed E-state index contributed by atoms with van der Waals surface area (Å²) in [5.41, 5.74) is 5.71. The number of pyridine rings is 1. The number of hydrogen-bond donors (Lipinski definition) is 2. The summed E-state index contributed by atoms with van der Waals surface area (Å²) in [4.78, 5) is 31.5. The Bertz CT molecular complexity index is 1800. The number of ether oxygens (including phenoxy) is 2. The van der Waals surface area contributed by atoms with Gasteiger partial charge in [-0.15, -0.1) is 11.3 Å². The summed E-state index contributed by atoms with van der Waals surface area (Å²) < 4.78 is 13.5. The summed E-state index contributed by atoms with van der Waals surface area (Å²) in [6.07, 6.45) is 5.90. The number of hydrogen-bond acceptors (Lipinski definition) is 10. The summed E-state index contributed by atoms with van der Waals surface area (Å²) in [6, 6.07) is 19.6. The standard InChI is InChI=1S/C34H37N7O3S/c1-40(26-5-3-2-4-6-26)29-19-24-20-36-34(38-25-7-9-27(10-8-25)44-28-11-15-35-16-12-28)39-32(24)41(33(29)42)21-30-31(37-22-45-30)23-13-17-43-18-14-23/h2-10,19-20,22-23,28,35H,11-18,21H2,1H3,(H,36,38,39). The zero-order chi connectivity index (χ0) is 30.6. The van der Waals surface area contributed by atoms with E-state index in [0.717, 1.165) is 85.1 Å². The van der Waals surface area contributed by atoms with Gasteiger partial charge >= 0.3 is 0 Å². The van der Waals surface area contributed by atoms with Crippen LogP contribution in [-0.4, -0.2) is 59.0 Å². The van der Waals surface area contributed by atoms with Gasteiger partial charge < -0.3 is 25.0 Å². The molecule has 3 aromatic heterocycles. The van der Waals surface area contributed by atoms with Crippen molar-refractivity contribution in [3.05, 3.63) is 93.3 Å². The number of aromatic nitrogens is 4. The third-order valence-corrected chi connectivity index (χ3v) is 9.43. The lowest BCUT2D eigenvalue weighted by molar-refractivity contribution is 0.0844. The van der Waals surface area contributed by atoms with Crippen molar-refractivity contribution in [2.45, 2.75) is 44.2 Å². The Morgan fingerprint density at radius 2 is 1.82 bits per heavy atom. The zero-order valence-electron chi connectivity index (χ0n) is 25.3. The fraction of sp³-hybridized carbons (Fsp3) is 0.353. The second-order valence-corrected chi connectivity index (χ2v) is 12.5. The van der Waals surface area contributed by atoms with Crippen molar-refractivity contribution in [2.24, 2.45) is 0 Å². The van der Waals surface area contributed by atoms with Gasteiger partial charge in [0, 0.05) is 54.0 Å². The van der Waals surface area contributed by atoms with E-state index in [2.05, 4.69) is 15.6 Å². The molecule has 0 atom stereocenters. The second kappa shape index (κ2) is 13.4. The first-order valence-electron chi connectivity index (χ1n) is 15.6. The highest BCUT2D eigenvalue weighted by Gasteiger charge is 2.23. The number of anilines is 4. The molecular formula is C34H37N7O3S. The Kier molecular flexibility index (Phi) is 8.72. The molecule has 2 saturated heterocycles. The number of fused-ring (bicyclic) bond motifs is 1. The smallest absolute Gasteiger partial charge is 0.276 e. The normalized spacial score (nSPS) is 16.1. The number of rotatable bonds is 9. The van der Waals surface area contributed by atoms with Gasteiger partial charge in [-0.1, -0.05) is 18.2 Å². The fourth-order valence-corrected chi connectivity index (χ4v) is 6.92. The molecule has 5 aromatic rings. The number of nitrogens with one attached hydrogen (secondary N) is 2. The van der Waals surface area contributed by atoms with Crippen LogP contribution in [0.5, 0.6) is 5.75 Å². The first-order valence-corrected chi connectivity index (χ1v) is 16.4.